The van der Waals surface area contributed by atoms with Crippen molar-refractivity contribution in [3.05, 3.63) is 100 Å². The van der Waals surface area contributed by atoms with Gasteiger partial charge in [-0.2, -0.15) is 5.10 Å². The van der Waals surface area contributed by atoms with Gasteiger partial charge in [0.2, 0.25) is 11.8 Å². The third kappa shape index (κ3) is 7.18. The van der Waals surface area contributed by atoms with Gasteiger partial charge in [-0.3, -0.25) is 34.4 Å². The first-order valence-corrected chi connectivity index (χ1v) is 21.0. The Hall–Kier alpha value is -6.84. The summed E-state index contributed by atoms with van der Waals surface area (Å²) in [5, 5.41) is 12.6. The summed E-state index contributed by atoms with van der Waals surface area (Å²) in [6.45, 7) is 4.72. The van der Waals surface area contributed by atoms with Crippen LogP contribution in [0.5, 0.6) is 6.01 Å². The zero-order valence-corrected chi connectivity index (χ0v) is 34.9. The molecule has 0 spiro atoms. The largest absolute Gasteiger partial charge is 0.467 e. The summed E-state index contributed by atoms with van der Waals surface area (Å²) < 4.78 is 10.2. The Kier molecular flexibility index (Phi) is 10.6. The van der Waals surface area contributed by atoms with Gasteiger partial charge in [0.15, 0.2) is 0 Å². The van der Waals surface area contributed by atoms with Gasteiger partial charge < -0.3 is 9.64 Å². The van der Waals surface area contributed by atoms with Crippen molar-refractivity contribution < 1.29 is 19.1 Å². The number of hydrogen-bond acceptors (Lipinski definition) is 10. The summed E-state index contributed by atoms with van der Waals surface area (Å²) >= 11 is 0. The normalized spacial score (nSPS) is 17.5. The van der Waals surface area contributed by atoms with E-state index in [9.17, 15) is 19.2 Å². The fourth-order valence-corrected chi connectivity index (χ4v) is 9.43. The van der Waals surface area contributed by atoms with E-state index in [1.54, 1.807) is 35.4 Å². The number of pyridine rings is 2. The first-order chi connectivity index (χ1) is 29.6. The van der Waals surface area contributed by atoms with Crippen molar-refractivity contribution in [2.75, 3.05) is 48.0 Å². The van der Waals surface area contributed by atoms with E-state index >= 15 is 0 Å². The molecule has 1 atom stereocenters. The monoisotopic (exact) mass is 823 g/mol. The molecule has 0 aliphatic carbocycles. The van der Waals surface area contributed by atoms with Crippen LogP contribution in [0.1, 0.15) is 61.8 Å². The first-order valence-electron chi connectivity index (χ1n) is 21.0. The maximum Gasteiger partial charge on any atom is 0.353 e. The molecule has 61 heavy (non-hydrogen) atoms. The van der Waals surface area contributed by atoms with Crippen LogP contribution in [0, 0.1) is 5.92 Å². The standard InChI is InChI=1S/C45H49N11O5/c1-5-32-33(17-21-47-41(32)55-25-24-54(45(55)60)31-9-7-20-46-27-31)34-14-13-30(56-43(61-4)50-52(3)44(56)59)26-37(34)53-22-18-28(19-23-53)11-12-29-8-6-10-35-39(49-51(2)40(29)35)36-15-16-38(57)48-42(36)58/h6-10,13-14,17,20-21,26-28,36H,5,11-12,15-16,18-19,22-25H2,1-4H3,(H,48,57,58). The van der Waals surface area contributed by atoms with Gasteiger partial charge in [0.05, 0.1) is 41.8 Å². The van der Waals surface area contributed by atoms with E-state index in [4.69, 9.17) is 14.8 Å². The molecule has 3 saturated heterocycles. The number of piperidine rings is 2. The number of ether oxygens (including phenoxy) is 1. The summed E-state index contributed by atoms with van der Waals surface area (Å²) in [4.78, 5) is 66.8. The highest BCUT2D eigenvalue weighted by molar-refractivity contribution is 6.06. The van der Waals surface area contributed by atoms with Crippen molar-refractivity contribution in [1.82, 2.24) is 39.4 Å². The molecule has 0 radical (unpaired) electrons. The highest BCUT2D eigenvalue weighted by Crippen LogP contribution is 2.41. The number of nitrogens with one attached hydrogen (secondary N) is 1. The molecule has 0 saturated carbocycles. The molecule has 3 aliphatic heterocycles. The predicted molar refractivity (Wildman–Crippen MR) is 231 cm³/mol. The zero-order chi connectivity index (χ0) is 42.4. The summed E-state index contributed by atoms with van der Waals surface area (Å²) in [6.07, 6.45) is 10.4. The fraction of sp³-hybridized carbons (Fsp3) is 0.378. The molecule has 16 heteroatoms. The second-order valence-corrected chi connectivity index (χ2v) is 16.0. The third-order valence-electron chi connectivity index (χ3n) is 12.5. The number of methoxy groups -OCH3 is 1. The van der Waals surface area contributed by atoms with Gasteiger partial charge in [-0.05, 0) is 85.9 Å². The Labute approximate surface area is 352 Å². The molecule has 9 rings (SSSR count). The molecule has 4 amide bonds. The lowest BCUT2D eigenvalue weighted by atomic mass is 9.88. The van der Waals surface area contributed by atoms with E-state index in [-0.39, 0.29) is 29.5 Å². The number of carbonyl (C=O) groups is 3. The minimum Gasteiger partial charge on any atom is -0.467 e. The first kappa shape index (κ1) is 39.6. The number of urea groups is 1. The Balaban J connectivity index is 0.996. The number of aryl methyl sites for hydroxylation is 3. The molecule has 3 fully saturated rings. The minimum absolute atomic E-state index is 0.137. The molecule has 4 aromatic heterocycles. The topological polar surface area (TPSA) is 166 Å². The second kappa shape index (κ2) is 16.3. The SMILES string of the molecule is CCc1c(-c2ccc(-n3c(OC)nn(C)c3=O)cc2N2CCC(CCc3cccc4c(C5CCC(=O)NC5=O)nn(C)c34)CC2)ccnc1N1CCN(c2cccnc2)C1=O. The van der Waals surface area contributed by atoms with E-state index < -0.39 is 5.92 Å². The number of nitrogens with zero attached hydrogens (tertiary/aromatic N) is 10. The molecule has 6 aromatic rings. The van der Waals surface area contributed by atoms with Gasteiger partial charge in [-0.15, -0.1) is 5.10 Å². The van der Waals surface area contributed by atoms with E-state index in [2.05, 4.69) is 45.4 Å². The summed E-state index contributed by atoms with van der Waals surface area (Å²) in [6, 6.07) is 18.1. The maximum atomic E-state index is 13.9. The highest BCUT2D eigenvalue weighted by atomic mass is 16.5. The lowest BCUT2D eigenvalue weighted by Crippen LogP contribution is -2.39. The number of benzene rings is 2. The number of hydrogen-bond donors (Lipinski definition) is 1. The van der Waals surface area contributed by atoms with Crippen molar-refractivity contribution in [2.45, 2.75) is 57.8 Å². The molecular weight excluding hydrogens is 775 g/mol. The predicted octanol–water partition coefficient (Wildman–Crippen LogP) is 5.30. The number of anilines is 3. The van der Waals surface area contributed by atoms with Crippen LogP contribution in [0.4, 0.5) is 22.0 Å². The van der Waals surface area contributed by atoms with Crippen LogP contribution in [0.25, 0.3) is 27.7 Å². The van der Waals surface area contributed by atoms with Crippen LogP contribution < -0.4 is 30.4 Å². The van der Waals surface area contributed by atoms with Crippen LogP contribution in [0.3, 0.4) is 0 Å². The molecule has 2 aromatic carbocycles. The van der Waals surface area contributed by atoms with Gasteiger partial charge in [-0.1, -0.05) is 31.2 Å². The Morgan fingerprint density at radius 3 is 2.41 bits per heavy atom. The van der Waals surface area contributed by atoms with Crippen LogP contribution >= 0.6 is 0 Å². The number of amides is 4. The molecule has 314 valence electrons. The van der Waals surface area contributed by atoms with E-state index in [0.717, 1.165) is 83.4 Å². The second-order valence-electron chi connectivity index (χ2n) is 16.0. The maximum absolute atomic E-state index is 13.9. The molecular formula is C45H49N11O5. The Bertz CT molecular complexity index is 2710. The number of para-hydroxylation sites is 1. The highest BCUT2D eigenvalue weighted by Gasteiger charge is 2.35. The molecule has 16 nitrogen and oxygen atoms in total. The van der Waals surface area contributed by atoms with Crippen molar-refractivity contribution in [2.24, 2.45) is 20.0 Å². The molecule has 3 aliphatic rings. The van der Waals surface area contributed by atoms with Crippen molar-refractivity contribution in [3.63, 3.8) is 0 Å². The minimum atomic E-state index is -0.445. The van der Waals surface area contributed by atoms with E-state index in [1.807, 2.05) is 48.1 Å². The third-order valence-corrected chi connectivity index (χ3v) is 12.5. The Morgan fingerprint density at radius 2 is 1.66 bits per heavy atom. The molecule has 7 heterocycles. The number of aromatic nitrogens is 7. The van der Waals surface area contributed by atoms with Gasteiger partial charge in [0.25, 0.3) is 0 Å². The smallest absolute Gasteiger partial charge is 0.353 e. The van der Waals surface area contributed by atoms with E-state index in [0.29, 0.717) is 49.8 Å². The molecule has 1 N–H and O–H groups in total. The Morgan fingerprint density at radius 1 is 0.836 bits per heavy atom. The average molecular weight is 824 g/mol. The van der Waals surface area contributed by atoms with E-state index in [1.165, 1.54) is 21.9 Å². The van der Waals surface area contributed by atoms with Gasteiger partial charge in [0.1, 0.15) is 5.82 Å². The molecule has 1 unspecified atom stereocenters. The summed E-state index contributed by atoms with van der Waals surface area (Å²) in [5.41, 5.74) is 7.96. The lowest BCUT2D eigenvalue weighted by molar-refractivity contribution is -0.134. The lowest BCUT2D eigenvalue weighted by Gasteiger charge is -2.35. The number of rotatable bonds is 11. The van der Waals surface area contributed by atoms with Gasteiger partial charge in [0, 0.05) is 81.3 Å². The summed E-state index contributed by atoms with van der Waals surface area (Å²) in [5.74, 6) is 0.161. The van der Waals surface area contributed by atoms with Crippen molar-refractivity contribution >= 4 is 45.9 Å². The van der Waals surface area contributed by atoms with Crippen molar-refractivity contribution in [3.8, 4) is 22.8 Å². The average Bonchev–Trinajstić information content (AvgIpc) is 3.93. The molecule has 0 bridgehead atoms. The quantitative estimate of drug-likeness (QED) is 0.170. The van der Waals surface area contributed by atoms with Crippen LogP contribution in [-0.4, -0.2) is 85.2 Å². The van der Waals surface area contributed by atoms with Gasteiger partial charge >= 0.3 is 17.7 Å². The number of fused-ring (bicyclic) bond motifs is 1. The van der Waals surface area contributed by atoms with Crippen molar-refractivity contribution in [1.29, 1.82) is 0 Å². The van der Waals surface area contributed by atoms with Crippen LogP contribution in [0.2, 0.25) is 0 Å². The number of imide groups is 1. The number of carbonyl (C=O) groups excluding carboxylic acids is 3. The summed E-state index contributed by atoms with van der Waals surface area (Å²) in [7, 11) is 5.04. The zero-order valence-electron chi connectivity index (χ0n) is 34.9. The van der Waals surface area contributed by atoms with Crippen LogP contribution in [0.15, 0.2) is 78.0 Å². The fourth-order valence-electron chi connectivity index (χ4n) is 9.43. The van der Waals surface area contributed by atoms with Crippen LogP contribution in [-0.2, 0) is 36.5 Å². The van der Waals surface area contributed by atoms with Gasteiger partial charge in [-0.25, -0.2) is 23.8 Å².